The van der Waals surface area contributed by atoms with Crippen molar-refractivity contribution >= 4 is 11.9 Å². The van der Waals surface area contributed by atoms with Crippen molar-refractivity contribution < 1.29 is 14.7 Å². The van der Waals surface area contributed by atoms with Crippen LogP contribution in [0.2, 0.25) is 0 Å². The van der Waals surface area contributed by atoms with Gasteiger partial charge in [0, 0.05) is 18.2 Å². The van der Waals surface area contributed by atoms with Gasteiger partial charge in [-0.1, -0.05) is 19.1 Å². The van der Waals surface area contributed by atoms with Gasteiger partial charge in [0.1, 0.15) is 0 Å². The molecule has 0 aromatic heterocycles. The van der Waals surface area contributed by atoms with Crippen LogP contribution in [0.15, 0.2) is 18.2 Å². The number of aryl methyl sites for hydroxylation is 1. The minimum Gasteiger partial charge on any atom is -0.481 e. The lowest BCUT2D eigenvalue weighted by molar-refractivity contribution is -0.141. The molecule has 0 heterocycles. The van der Waals surface area contributed by atoms with Gasteiger partial charge in [0.15, 0.2) is 0 Å². The highest BCUT2D eigenvalue weighted by atomic mass is 16.4. The van der Waals surface area contributed by atoms with Gasteiger partial charge in [-0.3, -0.25) is 9.59 Å². The molecular formula is C17H21NO3. The van der Waals surface area contributed by atoms with Gasteiger partial charge in [-0.25, -0.2) is 0 Å². The van der Waals surface area contributed by atoms with Crippen molar-refractivity contribution in [1.29, 1.82) is 0 Å². The molecule has 112 valence electrons. The van der Waals surface area contributed by atoms with Gasteiger partial charge < -0.3 is 10.0 Å². The molecule has 1 aromatic carbocycles. The lowest BCUT2D eigenvalue weighted by Crippen LogP contribution is -2.39. The number of hydrogen-bond donors (Lipinski definition) is 1. The molecule has 1 N–H and O–H groups in total. The highest BCUT2D eigenvalue weighted by Crippen LogP contribution is 2.32. The number of nitrogens with zero attached hydrogens (tertiary/aromatic N) is 1. The Labute approximate surface area is 124 Å². The van der Waals surface area contributed by atoms with Gasteiger partial charge in [0.2, 0.25) is 0 Å². The van der Waals surface area contributed by atoms with E-state index < -0.39 is 11.9 Å². The molecule has 0 radical (unpaired) electrons. The number of amides is 1. The molecule has 2 aliphatic carbocycles. The summed E-state index contributed by atoms with van der Waals surface area (Å²) in [6.45, 7) is 1.98. The number of aliphatic carboxylic acids is 1. The fourth-order valence-corrected chi connectivity index (χ4v) is 3.13. The summed E-state index contributed by atoms with van der Waals surface area (Å²) in [4.78, 5) is 25.7. The summed E-state index contributed by atoms with van der Waals surface area (Å²) in [5.41, 5.74) is 3.24. The normalized spacial score (nSPS) is 18.1. The monoisotopic (exact) mass is 287 g/mol. The summed E-state index contributed by atoms with van der Waals surface area (Å²) in [5, 5.41) is 9.10. The maximum atomic E-state index is 12.9. The molecule has 1 saturated carbocycles. The first-order valence-electron chi connectivity index (χ1n) is 7.72. The smallest absolute Gasteiger partial charge is 0.308 e. The molecule has 0 saturated heterocycles. The van der Waals surface area contributed by atoms with E-state index in [1.54, 1.807) is 11.8 Å². The van der Waals surface area contributed by atoms with E-state index >= 15 is 0 Å². The van der Waals surface area contributed by atoms with E-state index in [4.69, 9.17) is 5.11 Å². The summed E-state index contributed by atoms with van der Waals surface area (Å²) in [6.07, 6.45) is 5.10. The van der Waals surface area contributed by atoms with Crippen LogP contribution in [0.1, 0.15) is 47.7 Å². The fourth-order valence-electron chi connectivity index (χ4n) is 3.13. The zero-order valence-corrected chi connectivity index (χ0v) is 12.3. The average molecular weight is 287 g/mol. The molecule has 1 fully saturated rings. The van der Waals surface area contributed by atoms with Crippen LogP contribution in [0.25, 0.3) is 0 Å². The molecule has 1 aromatic rings. The lowest BCUT2D eigenvalue weighted by atomic mass is 10.0. The Morgan fingerprint density at radius 3 is 2.76 bits per heavy atom. The van der Waals surface area contributed by atoms with Crippen LogP contribution in [-0.4, -0.2) is 34.5 Å². The van der Waals surface area contributed by atoms with Crippen molar-refractivity contribution in [2.45, 2.75) is 45.1 Å². The first-order valence-corrected chi connectivity index (χ1v) is 7.72. The van der Waals surface area contributed by atoms with Crippen LogP contribution in [0.3, 0.4) is 0 Å². The van der Waals surface area contributed by atoms with Crippen molar-refractivity contribution in [2.75, 3.05) is 6.54 Å². The maximum Gasteiger partial charge on any atom is 0.308 e. The number of hydrogen-bond acceptors (Lipinski definition) is 2. The average Bonchev–Trinajstić information content (AvgIpc) is 3.19. The Morgan fingerprint density at radius 2 is 2.10 bits per heavy atom. The van der Waals surface area contributed by atoms with E-state index in [-0.39, 0.29) is 11.9 Å². The van der Waals surface area contributed by atoms with Crippen molar-refractivity contribution in [2.24, 2.45) is 5.92 Å². The number of carbonyl (C=O) groups excluding carboxylic acids is 1. The largest absolute Gasteiger partial charge is 0.481 e. The molecule has 0 bridgehead atoms. The van der Waals surface area contributed by atoms with Crippen LogP contribution in [0, 0.1) is 5.92 Å². The Morgan fingerprint density at radius 1 is 1.33 bits per heavy atom. The summed E-state index contributed by atoms with van der Waals surface area (Å²) < 4.78 is 0. The Bertz CT molecular complexity index is 577. The molecule has 2 aliphatic rings. The standard InChI is InChI=1S/C17H21NO3/c1-11(17(20)21)10-18(13-8-9-13)16(19)15-7-3-5-12-4-2-6-14(12)15/h3,5,7,11,13H,2,4,6,8-10H2,1H3,(H,20,21). The molecule has 1 amide bonds. The summed E-state index contributed by atoms with van der Waals surface area (Å²) in [6, 6.07) is 6.17. The molecule has 4 nitrogen and oxygen atoms in total. The van der Waals surface area contributed by atoms with E-state index in [2.05, 4.69) is 6.07 Å². The third-order valence-electron chi connectivity index (χ3n) is 4.52. The lowest BCUT2D eigenvalue weighted by Gasteiger charge is -2.25. The summed E-state index contributed by atoms with van der Waals surface area (Å²) in [7, 11) is 0. The van der Waals surface area contributed by atoms with E-state index in [0.717, 1.165) is 37.7 Å². The van der Waals surface area contributed by atoms with E-state index in [9.17, 15) is 9.59 Å². The topological polar surface area (TPSA) is 57.6 Å². The van der Waals surface area contributed by atoms with Crippen LogP contribution in [0.5, 0.6) is 0 Å². The number of carboxylic acids is 1. The van der Waals surface area contributed by atoms with Gasteiger partial charge in [-0.15, -0.1) is 0 Å². The molecule has 0 aliphatic heterocycles. The predicted molar refractivity (Wildman–Crippen MR) is 79.3 cm³/mol. The number of fused-ring (bicyclic) bond motifs is 1. The Balaban J connectivity index is 1.85. The highest BCUT2D eigenvalue weighted by molar-refractivity contribution is 5.96. The zero-order valence-electron chi connectivity index (χ0n) is 12.3. The molecule has 4 heteroatoms. The zero-order chi connectivity index (χ0) is 15.0. The third kappa shape index (κ3) is 2.80. The number of carbonyl (C=O) groups is 2. The molecule has 1 unspecified atom stereocenters. The Hall–Kier alpha value is -1.84. The predicted octanol–water partition coefficient (Wildman–Crippen LogP) is 2.50. The van der Waals surface area contributed by atoms with Crippen molar-refractivity contribution in [3.63, 3.8) is 0 Å². The van der Waals surface area contributed by atoms with E-state index in [1.165, 1.54) is 11.1 Å². The number of benzene rings is 1. The van der Waals surface area contributed by atoms with Crippen LogP contribution < -0.4 is 0 Å². The number of carboxylic acid groups (broad SMARTS) is 1. The second kappa shape index (κ2) is 5.51. The minimum absolute atomic E-state index is 0.0179. The molecule has 3 rings (SSSR count). The third-order valence-corrected chi connectivity index (χ3v) is 4.52. The highest BCUT2D eigenvalue weighted by Gasteiger charge is 2.36. The summed E-state index contributed by atoms with van der Waals surface area (Å²) >= 11 is 0. The fraction of sp³-hybridized carbons (Fsp3) is 0.529. The van der Waals surface area contributed by atoms with Crippen LogP contribution in [-0.2, 0) is 17.6 Å². The van der Waals surface area contributed by atoms with Crippen LogP contribution >= 0.6 is 0 Å². The second-order valence-corrected chi connectivity index (χ2v) is 6.22. The minimum atomic E-state index is -0.841. The van der Waals surface area contributed by atoms with E-state index in [0.29, 0.717) is 6.54 Å². The maximum absolute atomic E-state index is 12.9. The molecule has 0 spiro atoms. The Kier molecular flexibility index (Phi) is 3.70. The van der Waals surface area contributed by atoms with Crippen molar-refractivity contribution in [3.05, 3.63) is 34.9 Å². The van der Waals surface area contributed by atoms with Gasteiger partial charge >= 0.3 is 5.97 Å². The van der Waals surface area contributed by atoms with E-state index in [1.807, 2.05) is 12.1 Å². The quantitative estimate of drug-likeness (QED) is 0.905. The summed E-state index contributed by atoms with van der Waals surface area (Å²) in [5.74, 6) is -1.34. The molecule has 1 atom stereocenters. The van der Waals surface area contributed by atoms with Gasteiger partial charge in [-0.05, 0) is 49.3 Å². The number of rotatable bonds is 5. The molecular weight excluding hydrogens is 266 g/mol. The first kappa shape index (κ1) is 14.1. The van der Waals surface area contributed by atoms with Gasteiger partial charge in [-0.2, -0.15) is 0 Å². The SMILES string of the molecule is CC(CN(C(=O)c1cccc2c1CCC2)C1CC1)C(=O)O. The second-order valence-electron chi connectivity index (χ2n) is 6.22. The first-order chi connectivity index (χ1) is 10.1. The van der Waals surface area contributed by atoms with Gasteiger partial charge in [0.25, 0.3) is 5.91 Å². The van der Waals surface area contributed by atoms with Gasteiger partial charge in [0.05, 0.1) is 5.92 Å². The van der Waals surface area contributed by atoms with Crippen molar-refractivity contribution in [1.82, 2.24) is 4.90 Å². The molecule has 21 heavy (non-hydrogen) atoms. The van der Waals surface area contributed by atoms with Crippen molar-refractivity contribution in [3.8, 4) is 0 Å². The van der Waals surface area contributed by atoms with Crippen LogP contribution in [0.4, 0.5) is 0 Å².